The molecule has 1 aromatic rings. The van der Waals surface area contributed by atoms with Crippen molar-refractivity contribution in [3.8, 4) is 0 Å². The van der Waals surface area contributed by atoms with Crippen molar-refractivity contribution >= 4 is 11.6 Å². The van der Waals surface area contributed by atoms with Crippen LogP contribution in [0, 0.1) is 5.92 Å². The second-order valence-electron chi connectivity index (χ2n) is 7.66. The minimum absolute atomic E-state index is 0.0564. The highest BCUT2D eigenvalue weighted by Gasteiger charge is 2.61. The molecule has 0 aromatic heterocycles. The Morgan fingerprint density at radius 2 is 1.92 bits per heavy atom. The fourth-order valence-electron chi connectivity index (χ4n) is 3.70. The summed E-state index contributed by atoms with van der Waals surface area (Å²) in [4.78, 5) is 26.3. The molecule has 0 saturated carbocycles. The third kappa shape index (κ3) is 2.54. The van der Waals surface area contributed by atoms with E-state index in [-0.39, 0.29) is 11.6 Å². The number of carbonyl (C=O) groups is 2. The first-order chi connectivity index (χ1) is 11.2. The van der Waals surface area contributed by atoms with Gasteiger partial charge in [-0.15, -0.1) is 0 Å². The average molecular weight is 328 g/mol. The molecule has 2 aliphatic rings. The molecule has 1 saturated heterocycles. The predicted molar refractivity (Wildman–Crippen MR) is 91.2 cm³/mol. The van der Waals surface area contributed by atoms with Gasteiger partial charge >= 0.3 is 0 Å². The minimum Gasteiger partial charge on any atom is -0.388 e. The van der Waals surface area contributed by atoms with Crippen LogP contribution in [-0.2, 0) is 4.74 Å². The van der Waals surface area contributed by atoms with E-state index in [4.69, 9.17) is 4.74 Å². The number of hydrogen-bond acceptors (Lipinski definition) is 4. The number of fused-ring (bicyclic) bond motifs is 2. The number of carbonyl (C=O) groups excluding carboxylic acids is 2. The molecule has 128 valence electrons. The van der Waals surface area contributed by atoms with Crippen molar-refractivity contribution in [1.29, 1.82) is 0 Å². The molecule has 3 atom stereocenters. The van der Waals surface area contributed by atoms with E-state index in [0.29, 0.717) is 24.0 Å². The average Bonchev–Trinajstić information content (AvgIpc) is 2.92. The third-order valence-electron chi connectivity index (χ3n) is 5.10. The Morgan fingerprint density at radius 1 is 1.29 bits per heavy atom. The van der Waals surface area contributed by atoms with E-state index in [2.05, 4.69) is 0 Å². The minimum atomic E-state index is -1.20. The van der Waals surface area contributed by atoms with Gasteiger partial charge in [0, 0.05) is 17.5 Å². The van der Waals surface area contributed by atoms with E-state index >= 15 is 0 Å². The van der Waals surface area contributed by atoms with Gasteiger partial charge in [0.25, 0.3) is 0 Å². The highest BCUT2D eigenvalue weighted by Crippen LogP contribution is 2.49. The highest BCUT2D eigenvalue weighted by atomic mass is 16.5. The zero-order valence-electron chi connectivity index (χ0n) is 14.6. The SMILES string of the molecule is CC(C)=CCC12OC(C(C)(C)O)CC1C(=O)c1ccccc1C2=O. The Labute approximate surface area is 142 Å². The monoisotopic (exact) mass is 328 g/mol. The molecule has 0 radical (unpaired) electrons. The summed E-state index contributed by atoms with van der Waals surface area (Å²) in [6, 6.07) is 6.94. The van der Waals surface area contributed by atoms with Gasteiger partial charge in [-0.1, -0.05) is 35.9 Å². The molecule has 4 nitrogen and oxygen atoms in total. The van der Waals surface area contributed by atoms with Gasteiger partial charge in [0.1, 0.15) is 5.60 Å². The topological polar surface area (TPSA) is 63.6 Å². The number of hydrogen-bond donors (Lipinski definition) is 1. The zero-order chi connectivity index (χ0) is 17.7. The van der Waals surface area contributed by atoms with Gasteiger partial charge in [0.2, 0.25) is 0 Å². The Hall–Kier alpha value is -1.78. The lowest BCUT2D eigenvalue weighted by Crippen LogP contribution is -2.51. The first-order valence-corrected chi connectivity index (χ1v) is 8.38. The van der Waals surface area contributed by atoms with Gasteiger partial charge in [-0.25, -0.2) is 0 Å². The van der Waals surface area contributed by atoms with Crippen molar-refractivity contribution in [1.82, 2.24) is 0 Å². The van der Waals surface area contributed by atoms with Crippen LogP contribution in [0.2, 0.25) is 0 Å². The summed E-state index contributed by atoms with van der Waals surface area (Å²) in [6.07, 6.45) is 2.11. The number of rotatable bonds is 3. The number of aliphatic hydroxyl groups is 1. The van der Waals surface area contributed by atoms with E-state index in [1.165, 1.54) is 0 Å². The largest absolute Gasteiger partial charge is 0.388 e. The Balaban J connectivity index is 2.13. The summed E-state index contributed by atoms with van der Waals surface area (Å²) in [5.41, 5.74) is -0.342. The quantitative estimate of drug-likeness (QED) is 0.865. The van der Waals surface area contributed by atoms with E-state index in [1.807, 2.05) is 19.9 Å². The maximum atomic E-state index is 13.3. The molecule has 24 heavy (non-hydrogen) atoms. The predicted octanol–water partition coefficient (Wildman–Crippen LogP) is 3.34. The van der Waals surface area contributed by atoms with Crippen LogP contribution in [-0.4, -0.2) is 34.0 Å². The Bertz CT molecular complexity index is 721. The van der Waals surface area contributed by atoms with Crippen LogP contribution >= 0.6 is 0 Å². The highest BCUT2D eigenvalue weighted by molar-refractivity contribution is 6.19. The molecule has 4 heteroatoms. The first-order valence-electron chi connectivity index (χ1n) is 8.38. The van der Waals surface area contributed by atoms with Crippen molar-refractivity contribution in [2.45, 2.75) is 57.8 Å². The number of Topliss-reactive ketones (excluding diaryl/α,β-unsaturated/α-hetero) is 2. The molecule has 3 unspecified atom stereocenters. The molecule has 1 N–H and O–H groups in total. The van der Waals surface area contributed by atoms with Crippen molar-refractivity contribution in [3.63, 3.8) is 0 Å². The van der Waals surface area contributed by atoms with Crippen LogP contribution in [0.1, 0.15) is 61.3 Å². The van der Waals surface area contributed by atoms with Gasteiger partial charge in [-0.05, 0) is 34.1 Å². The van der Waals surface area contributed by atoms with E-state index in [1.54, 1.807) is 38.1 Å². The Kier molecular flexibility index (Phi) is 4.01. The van der Waals surface area contributed by atoms with E-state index in [0.717, 1.165) is 5.57 Å². The van der Waals surface area contributed by atoms with E-state index < -0.39 is 23.2 Å². The van der Waals surface area contributed by atoms with Gasteiger partial charge < -0.3 is 9.84 Å². The van der Waals surface area contributed by atoms with Gasteiger partial charge in [0.05, 0.1) is 17.6 Å². The fourth-order valence-corrected chi connectivity index (χ4v) is 3.70. The lowest BCUT2D eigenvalue weighted by atomic mass is 9.68. The summed E-state index contributed by atoms with van der Waals surface area (Å²) in [5.74, 6) is -0.752. The normalized spacial score (nSPS) is 29.2. The Morgan fingerprint density at radius 3 is 2.50 bits per heavy atom. The van der Waals surface area contributed by atoms with Crippen LogP contribution < -0.4 is 0 Å². The molecular formula is C20H24O4. The number of allylic oxidation sites excluding steroid dienone is 1. The van der Waals surface area contributed by atoms with Crippen LogP contribution in [0.25, 0.3) is 0 Å². The number of ether oxygens (including phenoxy) is 1. The van der Waals surface area contributed by atoms with Gasteiger partial charge in [-0.2, -0.15) is 0 Å². The summed E-state index contributed by atoms with van der Waals surface area (Å²) in [6.45, 7) is 7.23. The smallest absolute Gasteiger partial charge is 0.196 e. The summed E-state index contributed by atoms with van der Waals surface area (Å²) < 4.78 is 6.14. The molecule has 1 aromatic carbocycles. The molecule has 1 aliphatic heterocycles. The maximum Gasteiger partial charge on any atom is 0.196 e. The van der Waals surface area contributed by atoms with Crippen molar-refractivity contribution in [3.05, 3.63) is 47.0 Å². The molecule has 0 spiro atoms. The first kappa shape index (κ1) is 17.1. The van der Waals surface area contributed by atoms with Crippen LogP contribution in [0.15, 0.2) is 35.9 Å². The maximum absolute atomic E-state index is 13.3. The lowest BCUT2D eigenvalue weighted by Gasteiger charge is -2.37. The second kappa shape index (κ2) is 5.64. The van der Waals surface area contributed by atoms with Gasteiger partial charge in [0.15, 0.2) is 11.6 Å². The number of ketones is 2. The lowest BCUT2D eigenvalue weighted by molar-refractivity contribution is -0.109. The van der Waals surface area contributed by atoms with Crippen molar-refractivity contribution in [2.75, 3.05) is 0 Å². The van der Waals surface area contributed by atoms with Crippen molar-refractivity contribution in [2.24, 2.45) is 5.92 Å². The molecule has 1 aliphatic carbocycles. The third-order valence-corrected chi connectivity index (χ3v) is 5.10. The summed E-state index contributed by atoms with van der Waals surface area (Å²) >= 11 is 0. The van der Waals surface area contributed by atoms with Gasteiger partial charge in [-0.3, -0.25) is 9.59 Å². The molecule has 3 rings (SSSR count). The zero-order valence-corrected chi connectivity index (χ0v) is 14.6. The molecular weight excluding hydrogens is 304 g/mol. The van der Waals surface area contributed by atoms with Crippen molar-refractivity contribution < 1.29 is 19.4 Å². The van der Waals surface area contributed by atoms with Crippen LogP contribution in [0.5, 0.6) is 0 Å². The number of benzene rings is 1. The standard InChI is InChI=1S/C20H24O4/c1-12(2)9-10-20-15(11-16(24-20)19(3,4)23)17(21)13-7-5-6-8-14(13)18(20)22/h5-9,15-16,23H,10-11H2,1-4H3. The molecule has 0 bridgehead atoms. The molecule has 1 fully saturated rings. The summed E-state index contributed by atoms with van der Waals surface area (Å²) in [7, 11) is 0. The molecule has 1 heterocycles. The van der Waals surface area contributed by atoms with E-state index in [9.17, 15) is 14.7 Å². The van der Waals surface area contributed by atoms with Crippen LogP contribution in [0.4, 0.5) is 0 Å². The fraction of sp³-hybridized carbons (Fsp3) is 0.500. The van der Waals surface area contributed by atoms with Crippen LogP contribution in [0.3, 0.4) is 0 Å². The second-order valence-corrected chi connectivity index (χ2v) is 7.66. The molecule has 0 amide bonds. The summed E-state index contributed by atoms with van der Waals surface area (Å²) in [5, 5.41) is 10.4.